The van der Waals surface area contributed by atoms with Gasteiger partial charge in [0, 0.05) is 11.4 Å². The zero-order valence-electron chi connectivity index (χ0n) is 11.6. The lowest BCUT2D eigenvalue weighted by atomic mass is 9.99. The van der Waals surface area contributed by atoms with E-state index in [0.29, 0.717) is 5.56 Å². The maximum absolute atomic E-state index is 12.0. The molecular formula is C14H20N2OS. The standard InChI is InChI=1S/C14H20N2OS/c1-10-12(9-15)7-6-8-13(10)11(2)16-18(17)14(3,4)5/h6-8,11,16H,1-5H3. The molecule has 98 valence electrons. The molecule has 2 atom stereocenters. The largest absolute Gasteiger partial charge is 0.598 e. The zero-order chi connectivity index (χ0) is 13.9. The van der Waals surface area contributed by atoms with Crippen molar-refractivity contribution in [1.82, 2.24) is 4.72 Å². The second-order valence-corrected chi connectivity index (χ2v) is 7.35. The molecule has 0 bridgehead atoms. The number of benzene rings is 1. The smallest absolute Gasteiger partial charge is 0.136 e. The fourth-order valence-corrected chi connectivity index (χ4v) is 2.45. The molecular weight excluding hydrogens is 244 g/mol. The molecule has 1 aromatic carbocycles. The lowest BCUT2D eigenvalue weighted by molar-refractivity contribution is 0.531. The van der Waals surface area contributed by atoms with Crippen molar-refractivity contribution in [2.75, 3.05) is 0 Å². The van der Waals surface area contributed by atoms with Gasteiger partial charge in [0.1, 0.15) is 4.75 Å². The van der Waals surface area contributed by atoms with Gasteiger partial charge in [0.25, 0.3) is 0 Å². The van der Waals surface area contributed by atoms with E-state index in [-0.39, 0.29) is 10.8 Å². The summed E-state index contributed by atoms with van der Waals surface area (Å²) in [7, 11) is 0. The van der Waals surface area contributed by atoms with Gasteiger partial charge in [-0.15, -0.1) is 4.72 Å². The maximum Gasteiger partial charge on any atom is 0.136 e. The van der Waals surface area contributed by atoms with E-state index in [2.05, 4.69) is 10.8 Å². The predicted octanol–water partition coefficient (Wildman–Crippen LogP) is 2.98. The summed E-state index contributed by atoms with van der Waals surface area (Å²) in [5.74, 6) is 0. The maximum atomic E-state index is 12.0. The lowest BCUT2D eigenvalue weighted by Crippen LogP contribution is -2.40. The van der Waals surface area contributed by atoms with Crippen LogP contribution in [0.4, 0.5) is 0 Å². The van der Waals surface area contributed by atoms with E-state index in [4.69, 9.17) is 5.26 Å². The molecule has 0 aliphatic carbocycles. The average molecular weight is 264 g/mol. The molecule has 3 nitrogen and oxygen atoms in total. The monoisotopic (exact) mass is 264 g/mol. The van der Waals surface area contributed by atoms with Crippen LogP contribution in [0.2, 0.25) is 0 Å². The van der Waals surface area contributed by atoms with E-state index in [1.165, 1.54) is 0 Å². The Morgan fingerprint density at radius 3 is 2.50 bits per heavy atom. The van der Waals surface area contributed by atoms with Crippen molar-refractivity contribution < 1.29 is 4.55 Å². The molecule has 4 heteroatoms. The van der Waals surface area contributed by atoms with Crippen molar-refractivity contribution in [3.8, 4) is 6.07 Å². The number of nitrogens with zero attached hydrogens (tertiary/aromatic N) is 1. The molecule has 1 rings (SSSR count). The number of nitriles is 1. The molecule has 18 heavy (non-hydrogen) atoms. The van der Waals surface area contributed by atoms with Crippen molar-refractivity contribution in [2.45, 2.75) is 45.4 Å². The van der Waals surface area contributed by atoms with Crippen LogP contribution in [0.25, 0.3) is 0 Å². The van der Waals surface area contributed by atoms with Crippen molar-refractivity contribution in [1.29, 1.82) is 5.26 Å². The summed E-state index contributed by atoms with van der Waals surface area (Å²) in [5, 5.41) is 9.01. The van der Waals surface area contributed by atoms with Crippen LogP contribution >= 0.6 is 0 Å². The molecule has 0 amide bonds. The van der Waals surface area contributed by atoms with Crippen molar-refractivity contribution in [2.24, 2.45) is 0 Å². The first-order valence-corrected chi connectivity index (χ1v) is 7.10. The van der Waals surface area contributed by atoms with Crippen LogP contribution in [-0.2, 0) is 11.4 Å². The molecule has 0 spiro atoms. The molecule has 2 unspecified atom stereocenters. The highest BCUT2D eigenvalue weighted by molar-refractivity contribution is 7.90. The second-order valence-electron chi connectivity index (χ2n) is 5.35. The van der Waals surface area contributed by atoms with Gasteiger partial charge < -0.3 is 4.55 Å². The summed E-state index contributed by atoms with van der Waals surface area (Å²) in [6, 6.07) is 7.75. The van der Waals surface area contributed by atoms with Gasteiger partial charge in [-0.1, -0.05) is 12.1 Å². The highest BCUT2D eigenvalue weighted by Gasteiger charge is 2.28. The summed E-state index contributed by atoms with van der Waals surface area (Å²) in [6.07, 6.45) is 0. The fraction of sp³-hybridized carbons (Fsp3) is 0.500. The Balaban J connectivity index is 2.92. The third kappa shape index (κ3) is 3.49. The summed E-state index contributed by atoms with van der Waals surface area (Å²) in [4.78, 5) is 0. The summed E-state index contributed by atoms with van der Waals surface area (Å²) in [5.41, 5.74) is 2.64. The van der Waals surface area contributed by atoms with Gasteiger partial charge in [-0.2, -0.15) is 5.26 Å². The Kier molecular flexibility index (Phi) is 4.80. The van der Waals surface area contributed by atoms with Gasteiger partial charge in [-0.3, -0.25) is 0 Å². The number of rotatable bonds is 3. The van der Waals surface area contributed by atoms with Crippen LogP contribution < -0.4 is 4.72 Å². The first kappa shape index (κ1) is 15.0. The van der Waals surface area contributed by atoms with Crippen LogP contribution in [0.1, 0.15) is 50.4 Å². The fourth-order valence-electron chi connectivity index (χ4n) is 1.64. The van der Waals surface area contributed by atoms with E-state index in [9.17, 15) is 4.55 Å². The highest BCUT2D eigenvalue weighted by Crippen LogP contribution is 2.23. The quantitative estimate of drug-likeness (QED) is 0.854. The first-order valence-electron chi connectivity index (χ1n) is 5.95. The lowest BCUT2D eigenvalue weighted by Gasteiger charge is -2.27. The number of hydrogen-bond donors (Lipinski definition) is 1. The first-order chi connectivity index (χ1) is 8.27. The van der Waals surface area contributed by atoms with E-state index >= 15 is 0 Å². The van der Waals surface area contributed by atoms with Gasteiger partial charge in [0.15, 0.2) is 0 Å². The van der Waals surface area contributed by atoms with Crippen LogP contribution in [0.15, 0.2) is 18.2 Å². The summed E-state index contributed by atoms with van der Waals surface area (Å²) < 4.78 is 14.8. The number of hydrogen-bond acceptors (Lipinski definition) is 3. The van der Waals surface area contributed by atoms with Crippen molar-refractivity contribution in [3.63, 3.8) is 0 Å². The van der Waals surface area contributed by atoms with E-state index < -0.39 is 11.4 Å². The van der Waals surface area contributed by atoms with E-state index in [1.54, 1.807) is 6.07 Å². The Labute approximate surface area is 113 Å². The minimum Gasteiger partial charge on any atom is -0.598 e. The topological polar surface area (TPSA) is 58.9 Å². The summed E-state index contributed by atoms with van der Waals surface area (Å²) >= 11 is -1.12. The van der Waals surface area contributed by atoms with Crippen LogP contribution in [0.3, 0.4) is 0 Å². The third-order valence-electron chi connectivity index (χ3n) is 2.80. The molecule has 0 heterocycles. The van der Waals surface area contributed by atoms with Gasteiger partial charge >= 0.3 is 0 Å². The van der Waals surface area contributed by atoms with E-state index in [0.717, 1.165) is 11.1 Å². The third-order valence-corrected chi connectivity index (χ3v) is 4.48. The number of nitrogens with one attached hydrogen (secondary N) is 1. The normalized spacial score (nSPS) is 14.9. The van der Waals surface area contributed by atoms with E-state index in [1.807, 2.05) is 46.8 Å². The van der Waals surface area contributed by atoms with Crippen molar-refractivity contribution in [3.05, 3.63) is 34.9 Å². The van der Waals surface area contributed by atoms with Crippen LogP contribution in [0.5, 0.6) is 0 Å². The molecule has 0 saturated heterocycles. The van der Waals surface area contributed by atoms with Gasteiger partial charge in [0.2, 0.25) is 0 Å². The second kappa shape index (κ2) is 5.75. The predicted molar refractivity (Wildman–Crippen MR) is 75.3 cm³/mol. The Hall–Kier alpha value is -1.02. The molecule has 0 aliphatic rings. The minimum absolute atomic E-state index is 0.0432. The SMILES string of the molecule is Cc1c(C#N)cccc1C(C)N[S+]([O-])C(C)(C)C. The molecule has 1 aromatic rings. The Bertz CT molecular complexity index is 460. The van der Waals surface area contributed by atoms with Gasteiger partial charge in [-0.25, -0.2) is 0 Å². The summed E-state index contributed by atoms with van der Waals surface area (Å²) in [6.45, 7) is 9.68. The van der Waals surface area contributed by atoms with Gasteiger partial charge in [0.05, 0.1) is 17.7 Å². The Morgan fingerprint density at radius 2 is 2.00 bits per heavy atom. The zero-order valence-corrected chi connectivity index (χ0v) is 12.4. The van der Waals surface area contributed by atoms with Crippen LogP contribution in [0, 0.1) is 18.3 Å². The molecule has 1 N–H and O–H groups in total. The molecule has 0 aliphatic heterocycles. The molecule has 0 aromatic heterocycles. The van der Waals surface area contributed by atoms with Crippen molar-refractivity contribution >= 4 is 11.4 Å². The molecule has 0 radical (unpaired) electrons. The highest BCUT2D eigenvalue weighted by atomic mass is 32.2. The van der Waals surface area contributed by atoms with Crippen LogP contribution in [-0.4, -0.2) is 9.30 Å². The Morgan fingerprint density at radius 1 is 1.39 bits per heavy atom. The molecule has 0 fully saturated rings. The average Bonchev–Trinajstić information content (AvgIpc) is 2.27. The minimum atomic E-state index is -1.12. The van der Waals surface area contributed by atoms with Gasteiger partial charge in [-0.05, 0) is 51.8 Å². The molecule has 0 saturated carbocycles.